The maximum Gasteiger partial charge on any atom is 0.131 e. The van der Waals surface area contributed by atoms with Gasteiger partial charge in [0.05, 0.1) is 11.6 Å². The third kappa shape index (κ3) is 2.20. The number of alkyl halides is 1. The number of halogens is 3. The van der Waals surface area contributed by atoms with Crippen LogP contribution >= 0.6 is 11.6 Å². The first kappa shape index (κ1) is 12.1. The minimum Gasteiger partial charge on any atom is -0.469 e. The van der Waals surface area contributed by atoms with E-state index in [0.29, 0.717) is 16.9 Å². The van der Waals surface area contributed by atoms with Crippen LogP contribution in [0.3, 0.4) is 0 Å². The van der Waals surface area contributed by atoms with Crippen molar-refractivity contribution in [2.75, 3.05) is 0 Å². The van der Waals surface area contributed by atoms with E-state index in [4.69, 9.17) is 16.0 Å². The van der Waals surface area contributed by atoms with Crippen molar-refractivity contribution in [2.24, 2.45) is 0 Å². The van der Waals surface area contributed by atoms with Gasteiger partial charge in [0.1, 0.15) is 17.4 Å². The molecule has 0 N–H and O–H groups in total. The molecule has 2 rings (SSSR count). The predicted molar refractivity (Wildman–Crippen MR) is 62.2 cm³/mol. The normalized spacial score (nSPS) is 12.8. The zero-order valence-electron chi connectivity index (χ0n) is 9.43. The minimum absolute atomic E-state index is 0.259. The zero-order chi connectivity index (χ0) is 12.6. The Labute approximate surface area is 103 Å². The van der Waals surface area contributed by atoms with Crippen molar-refractivity contribution in [1.82, 2.24) is 0 Å². The first-order chi connectivity index (χ1) is 8.00. The summed E-state index contributed by atoms with van der Waals surface area (Å²) >= 11 is 6.19. The number of rotatable bonds is 2. The van der Waals surface area contributed by atoms with Gasteiger partial charge in [0.15, 0.2) is 0 Å². The van der Waals surface area contributed by atoms with E-state index in [1.807, 2.05) is 0 Å². The Hall–Kier alpha value is -1.35. The molecule has 0 aliphatic heterocycles. The van der Waals surface area contributed by atoms with E-state index in [2.05, 4.69) is 0 Å². The Morgan fingerprint density at radius 2 is 1.82 bits per heavy atom. The van der Waals surface area contributed by atoms with Gasteiger partial charge in [0.25, 0.3) is 0 Å². The monoisotopic (exact) mass is 256 g/mol. The number of furan rings is 1. The van der Waals surface area contributed by atoms with Gasteiger partial charge < -0.3 is 4.42 Å². The molecule has 0 saturated carbocycles. The van der Waals surface area contributed by atoms with Crippen LogP contribution in [0.15, 0.2) is 28.9 Å². The van der Waals surface area contributed by atoms with Gasteiger partial charge in [-0.15, -0.1) is 11.6 Å². The number of hydrogen-bond donors (Lipinski definition) is 0. The number of aryl methyl sites for hydroxylation is 2. The highest BCUT2D eigenvalue weighted by Gasteiger charge is 2.20. The second kappa shape index (κ2) is 4.49. The summed E-state index contributed by atoms with van der Waals surface area (Å²) < 4.78 is 31.9. The third-order valence-corrected chi connectivity index (χ3v) is 3.19. The van der Waals surface area contributed by atoms with E-state index in [0.717, 1.165) is 6.07 Å². The Morgan fingerprint density at radius 3 is 2.41 bits per heavy atom. The summed E-state index contributed by atoms with van der Waals surface area (Å²) in [4.78, 5) is 0. The summed E-state index contributed by atoms with van der Waals surface area (Å²) in [6, 6.07) is 3.97. The molecule has 0 bridgehead atoms. The van der Waals surface area contributed by atoms with Gasteiger partial charge in [-0.25, -0.2) is 8.78 Å². The van der Waals surface area contributed by atoms with Crippen molar-refractivity contribution in [3.63, 3.8) is 0 Å². The zero-order valence-corrected chi connectivity index (χ0v) is 10.2. The predicted octanol–water partition coefficient (Wildman–Crippen LogP) is 4.50. The number of benzene rings is 1. The Kier molecular flexibility index (Phi) is 3.20. The topological polar surface area (TPSA) is 13.1 Å². The van der Waals surface area contributed by atoms with Crippen LogP contribution in [-0.2, 0) is 0 Å². The lowest BCUT2D eigenvalue weighted by Gasteiger charge is -2.11. The summed E-state index contributed by atoms with van der Waals surface area (Å²) in [7, 11) is 0. The smallest absolute Gasteiger partial charge is 0.131 e. The summed E-state index contributed by atoms with van der Waals surface area (Å²) in [6.45, 7) is 3.32. The van der Waals surface area contributed by atoms with E-state index >= 15 is 0 Å². The summed E-state index contributed by atoms with van der Waals surface area (Å²) in [5.41, 5.74) is 1.32. The minimum atomic E-state index is -0.673. The van der Waals surface area contributed by atoms with Gasteiger partial charge >= 0.3 is 0 Å². The molecule has 0 aliphatic carbocycles. The van der Waals surface area contributed by atoms with Crippen LogP contribution in [0.4, 0.5) is 8.78 Å². The van der Waals surface area contributed by atoms with Crippen LogP contribution in [0.5, 0.6) is 0 Å². The Bertz CT molecular complexity index is 548. The molecule has 1 nitrogen and oxygen atoms in total. The molecule has 1 unspecified atom stereocenters. The second-order valence-corrected chi connectivity index (χ2v) is 4.35. The van der Waals surface area contributed by atoms with Crippen LogP contribution in [-0.4, -0.2) is 0 Å². The summed E-state index contributed by atoms with van der Waals surface area (Å²) in [5, 5.41) is -0.673. The van der Waals surface area contributed by atoms with Crippen LogP contribution in [0.25, 0.3) is 0 Å². The largest absolute Gasteiger partial charge is 0.469 e. The molecule has 0 spiro atoms. The molecule has 17 heavy (non-hydrogen) atoms. The van der Waals surface area contributed by atoms with E-state index in [1.54, 1.807) is 19.9 Å². The quantitative estimate of drug-likeness (QED) is 0.721. The van der Waals surface area contributed by atoms with Crippen molar-refractivity contribution in [1.29, 1.82) is 0 Å². The van der Waals surface area contributed by atoms with Crippen molar-refractivity contribution in [2.45, 2.75) is 19.2 Å². The van der Waals surface area contributed by atoms with Crippen molar-refractivity contribution >= 4 is 11.6 Å². The lowest BCUT2D eigenvalue weighted by molar-refractivity contribution is 0.529. The molecule has 0 saturated heterocycles. The van der Waals surface area contributed by atoms with E-state index in [1.165, 1.54) is 12.3 Å². The molecule has 0 amide bonds. The highest BCUT2D eigenvalue weighted by atomic mass is 35.5. The standard InChI is InChI=1S/C13H11ClF2O/c1-7-5-10(12(16)6-11(7)15)13(14)9-3-4-17-8(9)2/h3-6,13H,1-2H3. The van der Waals surface area contributed by atoms with Crippen LogP contribution < -0.4 is 0 Å². The second-order valence-electron chi connectivity index (χ2n) is 3.92. The molecule has 1 atom stereocenters. The highest BCUT2D eigenvalue weighted by molar-refractivity contribution is 6.22. The fourth-order valence-corrected chi connectivity index (χ4v) is 2.09. The molecule has 1 heterocycles. The number of hydrogen-bond acceptors (Lipinski definition) is 1. The van der Waals surface area contributed by atoms with E-state index < -0.39 is 17.0 Å². The molecule has 1 aromatic carbocycles. The molecule has 0 fully saturated rings. The SMILES string of the molecule is Cc1cc(C(Cl)c2ccoc2C)c(F)cc1F. The first-order valence-electron chi connectivity index (χ1n) is 5.14. The molecular formula is C13H11ClF2O. The fourth-order valence-electron chi connectivity index (χ4n) is 1.70. The molecule has 4 heteroatoms. The molecule has 90 valence electrons. The lowest BCUT2D eigenvalue weighted by Crippen LogP contribution is -2.00. The van der Waals surface area contributed by atoms with Gasteiger partial charge in [0.2, 0.25) is 0 Å². The van der Waals surface area contributed by atoms with Gasteiger partial charge in [-0.1, -0.05) is 0 Å². The third-order valence-electron chi connectivity index (χ3n) is 2.72. The van der Waals surface area contributed by atoms with Crippen molar-refractivity contribution in [3.8, 4) is 0 Å². The van der Waals surface area contributed by atoms with Gasteiger partial charge in [-0.2, -0.15) is 0 Å². The van der Waals surface area contributed by atoms with E-state index in [9.17, 15) is 8.78 Å². The maximum absolute atomic E-state index is 13.6. The summed E-state index contributed by atoms with van der Waals surface area (Å²) in [5.74, 6) is -0.584. The van der Waals surface area contributed by atoms with Crippen molar-refractivity contribution in [3.05, 3.63) is 58.5 Å². The molecule has 0 aliphatic rings. The van der Waals surface area contributed by atoms with E-state index in [-0.39, 0.29) is 5.56 Å². The lowest BCUT2D eigenvalue weighted by atomic mass is 10.0. The van der Waals surface area contributed by atoms with Crippen LogP contribution in [0.1, 0.15) is 27.8 Å². The average Bonchev–Trinajstić information content (AvgIpc) is 2.69. The van der Waals surface area contributed by atoms with Crippen LogP contribution in [0, 0.1) is 25.5 Å². The molecular weight excluding hydrogens is 246 g/mol. The Morgan fingerprint density at radius 1 is 1.12 bits per heavy atom. The highest BCUT2D eigenvalue weighted by Crippen LogP contribution is 2.34. The van der Waals surface area contributed by atoms with Crippen LogP contribution in [0.2, 0.25) is 0 Å². The maximum atomic E-state index is 13.6. The molecule has 2 aromatic rings. The Balaban J connectivity index is 2.48. The van der Waals surface area contributed by atoms with Gasteiger partial charge in [-0.05, 0) is 31.5 Å². The van der Waals surface area contributed by atoms with Gasteiger partial charge in [0, 0.05) is 17.2 Å². The fraction of sp³-hybridized carbons (Fsp3) is 0.231. The first-order valence-corrected chi connectivity index (χ1v) is 5.58. The molecule has 1 aromatic heterocycles. The average molecular weight is 257 g/mol. The summed E-state index contributed by atoms with van der Waals surface area (Å²) in [6.07, 6.45) is 1.49. The van der Waals surface area contributed by atoms with Crippen molar-refractivity contribution < 1.29 is 13.2 Å². The van der Waals surface area contributed by atoms with Gasteiger partial charge in [-0.3, -0.25) is 0 Å². The molecule has 0 radical (unpaired) electrons.